The van der Waals surface area contributed by atoms with Gasteiger partial charge in [0.25, 0.3) is 0 Å². The minimum Gasteiger partial charge on any atom is -0.490 e. The van der Waals surface area contributed by atoms with E-state index in [4.69, 9.17) is 9.47 Å². The minimum absolute atomic E-state index is 0.107. The summed E-state index contributed by atoms with van der Waals surface area (Å²) in [5, 5.41) is 2.65. The van der Waals surface area contributed by atoms with Crippen molar-refractivity contribution in [1.29, 1.82) is 0 Å². The van der Waals surface area contributed by atoms with Gasteiger partial charge in [-0.05, 0) is 37.6 Å². The summed E-state index contributed by atoms with van der Waals surface area (Å²) in [6.45, 7) is 2.79. The maximum absolute atomic E-state index is 12.1. The third-order valence-electron chi connectivity index (χ3n) is 3.52. The molecule has 140 valence electrons. The number of anilines is 1. The van der Waals surface area contributed by atoms with Crippen LogP contribution in [0.15, 0.2) is 53.4 Å². The summed E-state index contributed by atoms with van der Waals surface area (Å²) in [5.41, 5.74) is 0.294. The number of carbonyl (C=O) groups excluding carboxylic acids is 1. The maximum atomic E-state index is 12.1. The molecule has 1 amide bonds. The number of para-hydroxylation sites is 3. The summed E-state index contributed by atoms with van der Waals surface area (Å²) < 4.78 is 34.7. The summed E-state index contributed by atoms with van der Waals surface area (Å²) in [7, 11) is -3.40. The molecule has 0 saturated carbocycles. The molecule has 0 aliphatic heterocycles. The molecule has 0 radical (unpaired) electrons. The lowest BCUT2D eigenvalue weighted by Gasteiger charge is -2.12. The van der Waals surface area contributed by atoms with Gasteiger partial charge < -0.3 is 14.8 Å². The summed E-state index contributed by atoms with van der Waals surface area (Å²) in [5.74, 6) is 1.04. The standard InChI is InChI=1S/C19H23NO5S/c1-3-24-16-10-5-6-11-17(16)25-14-8-13-19(21)20-15-9-4-7-12-18(15)26(2,22)23/h4-7,9-12H,3,8,13-14H2,1-2H3,(H,20,21). The van der Waals surface area contributed by atoms with Gasteiger partial charge in [0.1, 0.15) is 0 Å². The van der Waals surface area contributed by atoms with Gasteiger partial charge in [0.15, 0.2) is 21.3 Å². The number of hydrogen-bond donors (Lipinski definition) is 1. The lowest BCUT2D eigenvalue weighted by Crippen LogP contribution is -2.15. The Labute approximate surface area is 154 Å². The zero-order chi connectivity index (χ0) is 19.0. The topological polar surface area (TPSA) is 81.7 Å². The van der Waals surface area contributed by atoms with E-state index < -0.39 is 9.84 Å². The van der Waals surface area contributed by atoms with Crippen molar-refractivity contribution >= 4 is 21.4 Å². The number of sulfone groups is 1. The second-order valence-electron chi connectivity index (χ2n) is 5.65. The average Bonchev–Trinajstić information content (AvgIpc) is 2.60. The minimum atomic E-state index is -3.40. The molecule has 0 atom stereocenters. The fraction of sp³-hybridized carbons (Fsp3) is 0.316. The fourth-order valence-corrected chi connectivity index (χ4v) is 3.21. The molecule has 1 N–H and O–H groups in total. The number of amides is 1. The zero-order valence-corrected chi connectivity index (χ0v) is 15.7. The smallest absolute Gasteiger partial charge is 0.224 e. The van der Waals surface area contributed by atoms with Crippen LogP contribution in [0.1, 0.15) is 19.8 Å². The first-order chi connectivity index (χ1) is 12.4. The van der Waals surface area contributed by atoms with Crippen LogP contribution in [0, 0.1) is 0 Å². The molecule has 0 saturated heterocycles. The quantitative estimate of drug-likeness (QED) is 0.678. The molecular weight excluding hydrogens is 354 g/mol. The van der Waals surface area contributed by atoms with Crippen LogP contribution in [-0.4, -0.2) is 33.8 Å². The lowest BCUT2D eigenvalue weighted by atomic mass is 10.2. The third kappa shape index (κ3) is 5.77. The van der Waals surface area contributed by atoms with Crippen LogP contribution < -0.4 is 14.8 Å². The van der Waals surface area contributed by atoms with Crippen LogP contribution in [-0.2, 0) is 14.6 Å². The number of hydrogen-bond acceptors (Lipinski definition) is 5. The van der Waals surface area contributed by atoms with Crippen molar-refractivity contribution in [2.45, 2.75) is 24.7 Å². The summed E-state index contributed by atoms with van der Waals surface area (Å²) in [4.78, 5) is 12.2. The Kier molecular flexibility index (Phi) is 7.03. The molecule has 2 aromatic rings. The van der Waals surface area contributed by atoms with Gasteiger partial charge in [-0.25, -0.2) is 8.42 Å². The van der Waals surface area contributed by atoms with Crippen molar-refractivity contribution < 1.29 is 22.7 Å². The van der Waals surface area contributed by atoms with Crippen LogP contribution in [0.5, 0.6) is 11.5 Å². The van der Waals surface area contributed by atoms with E-state index in [9.17, 15) is 13.2 Å². The van der Waals surface area contributed by atoms with E-state index in [1.807, 2.05) is 31.2 Å². The van der Waals surface area contributed by atoms with Gasteiger partial charge in [0.05, 0.1) is 23.8 Å². The van der Waals surface area contributed by atoms with E-state index in [1.54, 1.807) is 18.2 Å². The molecule has 0 aromatic heterocycles. The Balaban J connectivity index is 1.86. The van der Waals surface area contributed by atoms with E-state index >= 15 is 0 Å². The number of rotatable bonds is 9. The monoisotopic (exact) mass is 377 g/mol. The van der Waals surface area contributed by atoms with Crippen molar-refractivity contribution in [2.75, 3.05) is 24.8 Å². The lowest BCUT2D eigenvalue weighted by molar-refractivity contribution is -0.116. The summed E-state index contributed by atoms with van der Waals surface area (Å²) in [6.07, 6.45) is 1.82. The van der Waals surface area contributed by atoms with E-state index in [0.29, 0.717) is 36.8 Å². The van der Waals surface area contributed by atoms with Crippen molar-refractivity contribution in [3.63, 3.8) is 0 Å². The molecule has 26 heavy (non-hydrogen) atoms. The van der Waals surface area contributed by atoms with E-state index in [2.05, 4.69) is 5.32 Å². The predicted molar refractivity (Wildman–Crippen MR) is 101 cm³/mol. The molecule has 0 unspecified atom stereocenters. The molecule has 0 aliphatic rings. The Morgan fingerprint density at radius 1 is 1.00 bits per heavy atom. The Bertz CT molecular complexity index is 849. The van der Waals surface area contributed by atoms with Gasteiger partial charge >= 0.3 is 0 Å². The van der Waals surface area contributed by atoms with Crippen LogP contribution >= 0.6 is 0 Å². The van der Waals surface area contributed by atoms with Crippen molar-refractivity contribution in [3.8, 4) is 11.5 Å². The number of nitrogens with one attached hydrogen (secondary N) is 1. The Hall–Kier alpha value is -2.54. The highest BCUT2D eigenvalue weighted by atomic mass is 32.2. The number of carbonyl (C=O) groups is 1. The highest BCUT2D eigenvalue weighted by molar-refractivity contribution is 7.90. The molecule has 0 spiro atoms. The molecule has 0 heterocycles. The van der Waals surface area contributed by atoms with Gasteiger partial charge in [0, 0.05) is 12.7 Å². The first kappa shape index (κ1) is 19.8. The molecule has 2 aromatic carbocycles. The summed E-state index contributed by atoms with van der Waals surface area (Å²) in [6, 6.07) is 13.7. The van der Waals surface area contributed by atoms with E-state index in [0.717, 1.165) is 6.26 Å². The highest BCUT2D eigenvalue weighted by Crippen LogP contribution is 2.26. The van der Waals surface area contributed by atoms with Crippen LogP contribution in [0.2, 0.25) is 0 Å². The van der Waals surface area contributed by atoms with Crippen LogP contribution in [0.3, 0.4) is 0 Å². The van der Waals surface area contributed by atoms with Crippen molar-refractivity contribution in [2.24, 2.45) is 0 Å². The number of benzene rings is 2. The predicted octanol–water partition coefficient (Wildman–Crippen LogP) is 3.29. The second kappa shape index (κ2) is 9.24. The molecule has 2 rings (SSSR count). The average molecular weight is 377 g/mol. The SMILES string of the molecule is CCOc1ccccc1OCCCC(=O)Nc1ccccc1S(C)(=O)=O. The molecule has 7 heteroatoms. The van der Waals surface area contributed by atoms with E-state index in [1.165, 1.54) is 6.07 Å². The van der Waals surface area contributed by atoms with Crippen molar-refractivity contribution in [1.82, 2.24) is 0 Å². The normalized spacial score (nSPS) is 11.0. The second-order valence-corrected chi connectivity index (χ2v) is 7.63. The van der Waals surface area contributed by atoms with Crippen molar-refractivity contribution in [3.05, 3.63) is 48.5 Å². The zero-order valence-electron chi connectivity index (χ0n) is 14.9. The first-order valence-corrected chi connectivity index (χ1v) is 10.2. The summed E-state index contributed by atoms with van der Waals surface area (Å²) >= 11 is 0. The molecule has 0 aliphatic carbocycles. The first-order valence-electron chi connectivity index (χ1n) is 8.35. The Morgan fingerprint density at radius 3 is 2.27 bits per heavy atom. The molecule has 0 fully saturated rings. The van der Waals surface area contributed by atoms with Gasteiger partial charge in [-0.1, -0.05) is 24.3 Å². The fourth-order valence-electron chi connectivity index (χ4n) is 2.36. The molecule has 0 bridgehead atoms. The van der Waals surface area contributed by atoms with Gasteiger partial charge in [-0.15, -0.1) is 0 Å². The van der Waals surface area contributed by atoms with Crippen LogP contribution in [0.4, 0.5) is 5.69 Å². The third-order valence-corrected chi connectivity index (χ3v) is 4.67. The van der Waals surface area contributed by atoms with Gasteiger partial charge in [-0.3, -0.25) is 4.79 Å². The largest absolute Gasteiger partial charge is 0.490 e. The van der Waals surface area contributed by atoms with Gasteiger partial charge in [0.2, 0.25) is 5.91 Å². The maximum Gasteiger partial charge on any atom is 0.224 e. The Morgan fingerprint density at radius 2 is 1.62 bits per heavy atom. The van der Waals surface area contributed by atoms with Crippen LogP contribution in [0.25, 0.3) is 0 Å². The molecular formula is C19H23NO5S. The van der Waals surface area contributed by atoms with E-state index in [-0.39, 0.29) is 17.2 Å². The number of ether oxygens (including phenoxy) is 2. The van der Waals surface area contributed by atoms with Gasteiger partial charge in [-0.2, -0.15) is 0 Å². The molecule has 6 nitrogen and oxygen atoms in total. The highest BCUT2D eigenvalue weighted by Gasteiger charge is 2.14.